The molecule has 104 valence electrons. The van der Waals surface area contributed by atoms with Crippen molar-refractivity contribution in [1.29, 1.82) is 0 Å². The summed E-state index contributed by atoms with van der Waals surface area (Å²) in [6, 6.07) is 2.26. The first kappa shape index (κ1) is 15.9. The molecule has 2 amide bonds. The summed E-state index contributed by atoms with van der Waals surface area (Å²) in [5.74, 6) is -0.536. The molecule has 0 saturated heterocycles. The number of halogens is 3. The van der Waals surface area contributed by atoms with Gasteiger partial charge in [-0.2, -0.15) is 0 Å². The topological polar surface area (TPSA) is 67.4 Å². The first-order valence-electron chi connectivity index (χ1n) is 5.29. The molecule has 0 atom stereocenters. The lowest BCUT2D eigenvalue weighted by atomic mass is 10.3. The van der Waals surface area contributed by atoms with Crippen molar-refractivity contribution >= 4 is 52.5 Å². The van der Waals surface area contributed by atoms with Crippen LogP contribution < -0.4 is 10.6 Å². The van der Waals surface area contributed by atoms with Crippen molar-refractivity contribution in [3.8, 4) is 0 Å². The van der Waals surface area contributed by atoms with Gasteiger partial charge < -0.3 is 15.4 Å². The molecule has 0 fully saturated rings. The number of anilines is 1. The van der Waals surface area contributed by atoms with Gasteiger partial charge in [-0.15, -0.1) is 0 Å². The zero-order chi connectivity index (χ0) is 14.4. The van der Waals surface area contributed by atoms with E-state index in [9.17, 15) is 9.59 Å². The Balaban J connectivity index is 2.60. The average molecular weight is 326 g/mol. The first-order chi connectivity index (χ1) is 8.93. The van der Waals surface area contributed by atoms with Crippen LogP contribution in [0.5, 0.6) is 0 Å². The third-order valence-corrected chi connectivity index (χ3v) is 2.76. The summed E-state index contributed by atoms with van der Waals surface area (Å²) in [7, 11) is 0. The zero-order valence-electron chi connectivity index (χ0n) is 9.93. The Bertz CT molecular complexity index is 471. The number of esters is 1. The summed E-state index contributed by atoms with van der Waals surface area (Å²) in [6.45, 7) is 1.67. The maximum atomic E-state index is 11.5. The number of benzene rings is 1. The molecule has 0 aliphatic heterocycles. The van der Waals surface area contributed by atoms with Gasteiger partial charge in [0.2, 0.25) is 0 Å². The van der Waals surface area contributed by atoms with Gasteiger partial charge in [-0.25, -0.2) is 4.79 Å². The molecule has 0 aromatic heterocycles. The lowest BCUT2D eigenvalue weighted by molar-refractivity contribution is -0.141. The van der Waals surface area contributed by atoms with Crippen LogP contribution in [0.2, 0.25) is 15.1 Å². The van der Waals surface area contributed by atoms with Crippen LogP contribution in [-0.4, -0.2) is 25.2 Å². The molecule has 19 heavy (non-hydrogen) atoms. The van der Waals surface area contributed by atoms with Crippen molar-refractivity contribution < 1.29 is 14.3 Å². The predicted octanol–water partition coefficient (Wildman–Crippen LogP) is 3.33. The highest BCUT2D eigenvalue weighted by Gasteiger charge is 2.12. The van der Waals surface area contributed by atoms with Gasteiger partial charge in [0.1, 0.15) is 6.54 Å². The van der Waals surface area contributed by atoms with Gasteiger partial charge in [-0.1, -0.05) is 34.8 Å². The molecular formula is C11H11Cl3N2O3. The monoisotopic (exact) mass is 324 g/mol. The third kappa shape index (κ3) is 5.14. The van der Waals surface area contributed by atoms with E-state index in [1.54, 1.807) is 6.92 Å². The summed E-state index contributed by atoms with van der Waals surface area (Å²) in [5.41, 5.74) is 0.217. The summed E-state index contributed by atoms with van der Waals surface area (Å²) in [4.78, 5) is 22.6. The van der Waals surface area contributed by atoms with E-state index in [4.69, 9.17) is 34.8 Å². The molecule has 0 bridgehead atoms. The van der Waals surface area contributed by atoms with Crippen LogP contribution in [0.1, 0.15) is 6.92 Å². The summed E-state index contributed by atoms with van der Waals surface area (Å²) >= 11 is 17.5. The largest absolute Gasteiger partial charge is 0.465 e. The van der Waals surface area contributed by atoms with E-state index in [1.807, 2.05) is 0 Å². The third-order valence-electron chi connectivity index (χ3n) is 1.94. The van der Waals surface area contributed by atoms with Crippen LogP contribution in [0.25, 0.3) is 0 Å². The fourth-order valence-corrected chi connectivity index (χ4v) is 2.10. The summed E-state index contributed by atoms with van der Waals surface area (Å²) < 4.78 is 4.65. The fourth-order valence-electron chi connectivity index (χ4n) is 1.18. The van der Waals surface area contributed by atoms with E-state index < -0.39 is 12.0 Å². The first-order valence-corrected chi connectivity index (χ1v) is 6.42. The quantitative estimate of drug-likeness (QED) is 0.834. The van der Waals surface area contributed by atoms with Crippen LogP contribution in [0.4, 0.5) is 10.5 Å². The number of amides is 2. The minimum atomic E-state index is -0.626. The molecular weight excluding hydrogens is 314 g/mol. The van der Waals surface area contributed by atoms with E-state index in [2.05, 4.69) is 15.4 Å². The second-order valence-corrected chi connectivity index (χ2v) is 4.61. The number of ether oxygens (including phenoxy) is 1. The van der Waals surface area contributed by atoms with Crippen LogP contribution in [0.15, 0.2) is 12.1 Å². The molecule has 0 unspecified atom stereocenters. The lowest BCUT2D eigenvalue weighted by Crippen LogP contribution is -2.34. The van der Waals surface area contributed by atoms with Gasteiger partial charge in [0.15, 0.2) is 0 Å². The molecule has 0 aliphatic rings. The van der Waals surface area contributed by atoms with E-state index >= 15 is 0 Å². The highest BCUT2D eigenvalue weighted by Crippen LogP contribution is 2.33. The Morgan fingerprint density at radius 3 is 2.32 bits per heavy atom. The smallest absolute Gasteiger partial charge is 0.325 e. The molecule has 0 aliphatic carbocycles. The molecule has 0 saturated carbocycles. The highest BCUT2D eigenvalue weighted by molar-refractivity contribution is 6.42. The molecule has 0 heterocycles. The van der Waals surface area contributed by atoms with Gasteiger partial charge in [-0.3, -0.25) is 4.79 Å². The number of carbonyl (C=O) groups excluding carboxylic acids is 2. The maximum Gasteiger partial charge on any atom is 0.325 e. The average Bonchev–Trinajstić information content (AvgIpc) is 2.31. The van der Waals surface area contributed by atoms with Crippen molar-refractivity contribution in [2.45, 2.75) is 6.92 Å². The number of hydrogen-bond donors (Lipinski definition) is 2. The van der Waals surface area contributed by atoms with Gasteiger partial charge >= 0.3 is 12.0 Å². The van der Waals surface area contributed by atoms with Crippen molar-refractivity contribution in [2.75, 3.05) is 18.5 Å². The fraction of sp³-hybridized carbons (Fsp3) is 0.273. The predicted molar refractivity (Wildman–Crippen MR) is 75.1 cm³/mol. The Kier molecular flexibility index (Phi) is 6.21. The van der Waals surface area contributed by atoms with Crippen LogP contribution in [-0.2, 0) is 9.53 Å². The van der Waals surface area contributed by atoms with Crippen molar-refractivity contribution in [1.82, 2.24) is 5.32 Å². The lowest BCUT2D eigenvalue weighted by Gasteiger charge is -2.10. The van der Waals surface area contributed by atoms with Crippen molar-refractivity contribution in [3.63, 3.8) is 0 Å². The molecule has 1 aromatic rings. The minimum Gasteiger partial charge on any atom is -0.465 e. The zero-order valence-corrected chi connectivity index (χ0v) is 12.2. The Hall–Kier alpha value is -1.17. The molecule has 0 spiro atoms. The van der Waals surface area contributed by atoms with Gasteiger partial charge in [0.05, 0.1) is 22.3 Å². The summed E-state index contributed by atoms with van der Waals surface area (Å²) in [6.07, 6.45) is 0. The number of rotatable bonds is 4. The van der Waals surface area contributed by atoms with E-state index in [0.717, 1.165) is 0 Å². The standard InChI is InChI=1S/C11H11Cl3N2O3/c1-2-19-9(17)5-15-11(18)16-10-7(13)3-6(12)4-8(10)14/h3-4H,2,5H2,1H3,(H2,15,16,18). The number of nitrogens with one attached hydrogen (secondary N) is 2. The number of hydrogen-bond acceptors (Lipinski definition) is 3. The SMILES string of the molecule is CCOC(=O)CNC(=O)Nc1c(Cl)cc(Cl)cc1Cl. The number of carbonyl (C=O) groups is 2. The molecule has 5 nitrogen and oxygen atoms in total. The van der Waals surface area contributed by atoms with Gasteiger partial charge in [0, 0.05) is 5.02 Å². The van der Waals surface area contributed by atoms with Crippen molar-refractivity contribution in [2.24, 2.45) is 0 Å². The van der Waals surface area contributed by atoms with E-state index in [0.29, 0.717) is 5.02 Å². The van der Waals surface area contributed by atoms with E-state index in [1.165, 1.54) is 12.1 Å². The summed E-state index contributed by atoms with van der Waals surface area (Å²) in [5, 5.41) is 5.48. The Morgan fingerprint density at radius 2 is 1.79 bits per heavy atom. The Labute approximate surface area is 125 Å². The normalized spacial score (nSPS) is 9.89. The molecule has 2 N–H and O–H groups in total. The molecule has 1 rings (SSSR count). The molecule has 0 radical (unpaired) electrons. The van der Waals surface area contributed by atoms with E-state index in [-0.39, 0.29) is 28.9 Å². The number of urea groups is 1. The minimum absolute atomic E-state index is 0.198. The van der Waals surface area contributed by atoms with Crippen LogP contribution in [0, 0.1) is 0 Å². The Morgan fingerprint density at radius 1 is 1.21 bits per heavy atom. The van der Waals surface area contributed by atoms with Crippen LogP contribution >= 0.6 is 34.8 Å². The molecule has 1 aromatic carbocycles. The van der Waals surface area contributed by atoms with Gasteiger partial charge in [0.25, 0.3) is 0 Å². The maximum absolute atomic E-state index is 11.5. The molecule has 8 heteroatoms. The second kappa shape index (κ2) is 7.43. The van der Waals surface area contributed by atoms with Gasteiger partial charge in [-0.05, 0) is 19.1 Å². The highest BCUT2D eigenvalue weighted by atomic mass is 35.5. The van der Waals surface area contributed by atoms with Crippen molar-refractivity contribution in [3.05, 3.63) is 27.2 Å². The van der Waals surface area contributed by atoms with Crippen LogP contribution in [0.3, 0.4) is 0 Å². The second-order valence-electron chi connectivity index (χ2n) is 3.36.